The molecule has 8 nitrogen and oxygen atoms in total. The molecule has 0 unspecified atom stereocenters. The number of hydrogen-bond acceptors (Lipinski definition) is 8. The molecule has 170 valence electrons. The molecule has 3 aromatic rings. The Kier molecular flexibility index (Phi) is 6.07. The number of oxazole rings is 1. The highest BCUT2D eigenvalue weighted by atomic mass is 16.5. The second-order valence-electron chi connectivity index (χ2n) is 8.27. The third-order valence-electron chi connectivity index (χ3n) is 5.61. The quantitative estimate of drug-likeness (QED) is 0.565. The Morgan fingerprint density at radius 1 is 1.27 bits per heavy atom. The van der Waals surface area contributed by atoms with E-state index in [9.17, 15) is 15.2 Å². The van der Waals surface area contributed by atoms with E-state index in [1.54, 1.807) is 25.1 Å². The molecule has 8 heteroatoms. The van der Waals surface area contributed by atoms with Gasteiger partial charge >= 0.3 is 5.97 Å². The number of carbonyl (C=O) groups excluding carboxylic acids is 1. The molecule has 0 spiro atoms. The number of carbonyl (C=O) groups is 1. The molecule has 0 bridgehead atoms. The number of anilines is 1. The Labute approximate surface area is 192 Å². The average molecular weight is 447 g/mol. The first kappa shape index (κ1) is 22.4. The van der Waals surface area contributed by atoms with Gasteiger partial charge in [0.05, 0.1) is 30.8 Å². The van der Waals surface area contributed by atoms with Gasteiger partial charge in [0.25, 0.3) is 0 Å². The van der Waals surface area contributed by atoms with E-state index in [1.807, 2.05) is 49.1 Å². The second kappa shape index (κ2) is 8.96. The lowest BCUT2D eigenvalue weighted by molar-refractivity contribution is -0.0592. The van der Waals surface area contributed by atoms with Crippen LogP contribution in [0.25, 0.3) is 0 Å². The number of para-hydroxylation sites is 1. The van der Waals surface area contributed by atoms with Crippen LogP contribution in [0.4, 0.5) is 5.69 Å². The molecule has 1 aromatic heterocycles. The Morgan fingerprint density at radius 2 is 2.03 bits per heavy atom. The van der Waals surface area contributed by atoms with Gasteiger partial charge in [0.2, 0.25) is 5.89 Å². The number of fused-ring (bicyclic) bond motifs is 1. The maximum Gasteiger partial charge on any atom is 0.360 e. The number of aromatic nitrogens is 1. The van der Waals surface area contributed by atoms with Gasteiger partial charge in [-0.15, -0.1) is 0 Å². The van der Waals surface area contributed by atoms with Crippen LogP contribution in [0, 0.1) is 11.3 Å². The average Bonchev–Trinajstić information content (AvgIpc) is 3.28. The van der Waals surface area contributed by atoms with Crippen molar-refractivity contribution in [2.45, 2.75) is 45.1 Å². The monoisotopic (exact) mass is 447 g/mol. The minimum atomic E-state index is -0.946. The summed E-state index contributed by atoms with van der Waals surface area (Å²) in [5, 5.41) is 20.9. The summed E-state index contributed by atoms with van der Waals surface area (Å²) in [4.78, 5) is 18.3. The van der Waals surface area contributed by atoms with E-state index in [-0.39, 0.29) is 24.7 Å². The molecule has 1 N–H and O–H groups in total. The molecule has 4 rings (SSSR count). The molecule has 2 heterocycles. The van der Waals surface area contributed by atoms with E-state index in [0.717, 1.165) is 5.69 Å². The van der Waals surface area contributed by atoms with Gasteiger partial charge in [-0.25, -0.2) is 9.78 Å². The molecular formula is C25H25N3O5. The highest BCUT2D eigenvalue weighted by Crippen LogP contribution is 2.45. The third-order valence-corrected chi connectivity index (χ3v) is 5.61. The van der Waals surface area contributed by atoms with Crippen molar-refractivity contribution >= 4 is 11.7 Å². The van der Waals surface area contributed by atoms with Crippen LogP contribution in [-0.4, -0.2) is 34.4 Å². The van der Waals surface area contributed by atoms with E-state index in [2.05, 4.69) is 11.1 Å². The SMILES string of the molecule is CCOC(=O)c1coc(CN(c2ccccc2)[C@H]2c3cc(C#N)ccc3OC(C)(C)[C@@H]2O)n1. The predicted molar refractivity (Wildman–Crippen MR) is 120 cm³/mol. The van der Waals surface area contributed by atoms with Crippen LogP contribution in [-0.2, 0) is 11.3 Å². The summed E-state index contributed by atoms with van der Waals surface area (Å²) in [6, 6.07) is 16.3. The van der Waals surface area contributed by atoms with Crippen molar-refractivity contribution in [1.29, 1.82) is 5.26 Å². The van der Waals surface area contributed by atoms with Gasteiger partial charge in [-0.3, -0.25) is 0 Å². The fourth-order valence-corrected chi connectivity index (χ4v) is 3.97. The first-order chi connectivity index (χ1) is 15.8. The molecule has 2 aromatic carbocycles. The number of rotatable bonds is 6. The number of aliphatic hydroxyl groups excluding tert-OH is 1. The zero-order valence-electron chi connectivity index (χ0n) is 18.7. The molecule has 0 aliphatic carbocycles. The molecule has 0 radical (unpaired) electrons. The Hall–Kier alpha value is -3.83. The van der Waals surface area contributed by atoms with Gasteiger partial charge in [0, 0.05) is 11.3 Å². The summed E-state index contributed by atoms with van der Waals surface area (Å²) in [6.45, 7) is 5.76. The molecule has 1 aliphatic rings. The van der Waals surface area contributed by atoms with Crippen LogP contribution in [0.15, 0.2) is 59.2 Å². The summed E-state index contributed by atoms with van der Waals surface area (Å²) < 4.78 is 16.7. The summed E-state index contributed by atoms with van der Waals surface area (Å²) in [5.41, 5.74) is 1.14. The number of esters is 1. The lowest BCUT2D eigenvalue weighted by Crippen LogP contribution is -2.53. The number of nitriles is 1. The molecule has 0 amide bonds. The fraction of sp³-hybridized carbons (Fsp3) is 0.320. The van der Waals surface area contributed by atoms with Crippen LogP contribution in [0.1, 0.15) is 54.3 Å². The summed E-state index contributed by atoms with van der Waals surface area (Å²) >= 11 is 0. The zero-order valence-corrected chi connectivity index (χ0v) is 18.7. The van der Waals surface area contributed by atoms with E-state index >= 15 is 0 Å². The van der Waals surface area contributed by atoms with E-state index in [1.165, 1.54) is 6.26 Å². The Balaban J connectivity index is 1.80. The number of nitrogens with zero attached hydrogens (tertiary/aromatic N) is 3. The highest BCUT2D eigenvalue weighted by Gasteiger charge is 2.46. The van der Waals surface area contributed by atoms with Gasteiger partial charge in [0.1, 0.15) is 23.7 Å². The molecule has 0 saturated carbocycles. The molecule has 2 atom stereocenters. The third kappa shape index (κ3) is 4.41. The fourth-order valence-electron chi connectivity index (χ4n) is 3.97. The Morgan fingerprint density at radius 3 is 2.73 bits per heavy atom. The van der Waals surface area contributed by atoms with Gasteiger partial charge in [-0.2, -0.15) is 5.26 Å². The van der Waals surface area contributed by atoms with Crippen molar-refractivity contribution in [1.82, 2.24) is 4.98 Å². The van der Waals surface area contributed by atoms with E-state index in [0.29, 0.717) is 16.9 Å². The van der Waals surface area contributed by atoms with Crippen molar-refractivity contribution in [3.63, 3.8) is 0 Å². The molecular weight excluding hydrogens is 422 g/mol. The van der Waals surface area contributed by atoms with Crippen molar-refractivity contribution in [3.05, 3.63) is 77.5 Å². The largest absolute Gasteiger partial charge is 0.485 e. The van der Waals surface area contributed by atoms with Crippen molar-refractivity contribution < 1.29 is 23.8 Å². The minimum Gasteiger partial charge on any atom is -0.485 e. The number of aliphatic hydroxyl groups is 1. The molecule has 1 aliphatic heterocycles. The maximum atomic E-state index is 12.0. The predicted octanol–water partition coefficient (Wildman–Crippen LogP) is 4.00. The summed E-state index contributed by atoms with van der Waals surface area (Å²) in [7, 11) is 0. The minimum absolute atomic E-state index is 0.0832. The van der Waals surface area contributed by atoms with Gasteiger partial charge in [0.15, 0.2) is 5.69 Å². The maximum absolute atomic E-state index is 12.0. The van der Waals surface area contributed by atoms with Crippen molar-refractivity contribution in [3.8, 4) is 11.8 Å². The van der Waals surface area contributed by atoms with Gasteiger partial charge in [-0.05, 0) is 51.1 Å². The van der Waals surface area contributed by atoms with Crippen LogP contribution in [0.3, 0.4) is 0 Å². The lowest BCUT2D eigenvalue weighted by Gasteiger charge is -2.46. The van der Waals surface area contributed by atoms with E-state index < -0.39 is 23.7 Å². The second-order valence-corrected chi connectivity index (χ2v) is 8.27. The van der Waals surface area contributed by atoms with Crippen LogP contribution < -0.4 is 9.64 Å². The Bertz CT molecular complexity index is 1180. The normalized spacial score (nSPS) is 18.5. The number of hydrogen-bond donors (Lipinski definition) is 1. The highest BCUT2D eigenvalue weighted by molar-refractivity contribution is 5.86. The molecule has 33 heavy (non-hydrogen) atoms. The smallest absolute Gasteiger partial charge is 0.360 e. The van der Waals surface area contributed by atoms with Crippen molar-refractivity contribution in [2.24, 2.45) is 0 Å². The van der Waals surface area contributed by atoms with Gasteiger partial charge < -0.3 is 23.9 Å². The van der Waals surface area contributed by atoms with E-state index in [4.69, 9.17) is 13.9 Å². The van der Waals surface area contributed by atoms with Crippen molar-refractivity contribution in [2.75, 3.05) is 11.5 Å². The first-order valence-corrected chi connectivity index (χ1v) is 10.7. The number of benzene rings is 2. The zero-order chi connectivity index (χ0) is 23.6. The molecule has 0 fully saturated rings. The topological polar surface area (TPSA) is 109 Å². The van der Waals surface area contributed by atoms with Crippen LogP contribution >= 0.6 is 0 Å². The van der Waals surface area contributed by atoms with Crippen LogP contribution in [0.5, 0.6) is 5.75 Å². The first-order valence-electron chi connectivity index (χ1n) is 10.7. The number of ether oxygens (including phenoxy) is 2. The lowest BCUT2D eigenvalue weighted by atomic mass is 9.84. The summed E-state index contributed by atoms with van der Waals surface area (Å²) in [5.74, 6) is 0.321. The van der Waals surface area contributed by atoms with Crippen LogP contribution in [0.2, 0.25) is 0 Å². The molecule has 0 saturated heterocycles. The van der Waals surface area contributed by atoms with Gasteiger partial charge in [-0.1, -0.05) is 18.2 Å². The summed E-state index contributed by atoms with van der Waals surface area (Å²) in [6.07, 6.45) is 0.321. The standard InChI is InChI=1S/C25H25N3O5/c1-4-31-24(30)19-15-32-21(27-19)14-28(17-8-6-5-7-9-17)22-18-12-16(13-26)10-11-20(18)33-25(2,3)23(22)29/h5-12,15,22-23,29H,4,14H2,1-3H3/t22-,23+/m0/s1.